The number of aliphatic hydroxyl groups excluding tert-OH is 1. The van der Waals surface area contributed by atoms with Gasteiger partial charge in [-0.15, -0.1) is 0 Å². The third-order valence-electron chi connectivity index (χ3n) is 13.4. The lowest BCUT2D eigenvalue weighted by atomic mass is 9.36. The third-order valence-corrected chi connectivity index (χ3v) is 13.4. The molecule has 0 bridgehead atoms. The van der Waals surface area contributed by atoms with E-state index in [0.29, 0.717) is 45.7 Å². The monoisotopic (exact) mass is 512 g/mol. The van der Waals surface area contributed by atoms with Crippen LogP contribution >= 0.6 is 0 Å². The van der Waals surface area contributed by atoms with Crippen LogP contribution in [0.5, 0.6) is 0 Å². The maximum Gasteiger partial charge on any atom is 0.142 e. The van der Waals surface area contributed by atoms with Gasteiger partial charge in [-0.3, -0.25) is 4.79 Å². The fraction of sp³-hybridized carbons (Fsp3) is 0.914. The van der Waals surface area contributed by atoms with Crippen molar-refractivity contribution in [2.24, 2.45) is 56.7 Å². The van der Waals surface area contributed by atoms with Gasteiger partial charge in [0.2, 0.25) is 0 Å². The molecule has 0 aromatic heterocycles. The molecule has 0 amide bonds. The molecule has 5 aliphatic carbocycles. The fourth-order valence-electron chi connectivity index (χ4n) is 11.0. The van der Waals surface area contributed by atoms with E-state index in [1.807, 2.05) is 13.8 Å². The van der Waals surface area contributed by atoms with Crippen LogP contribution in [0, 0.1) is 56.7 Å². The number of carbonyl (C=O) groups excluding carboxylic acids is 1. The van der Waals surface area contributed by atoms with Crippen LogP contribution in [0.25, 0.3) is 0 Å². The van der Waals surface area contributed by atoms with Crippen LogP contribution in [-0.2, 0) is 4.79 Å². The van der Waals surface area contributed by atoms with Gasteiger partial charge < -0.3 is 5.11 Å². The maximum absolute atomic E-state index is 14.0. The molecule has 0 radical (unpaired) electrons. The van der Waals surface area contributed by atoms with Crippen molar-refractivity contribution in [3.05, 3.63) is 11.6 Å². The zero-order chi connectivity index (χ0) is 27.6. The lowest BCUT2D eigenvalue weighted by Crippen LogP contribution is -2.62. The Balaban J connectivity index is 0.00000156. The molecule has 2 nitrogen and oxygen atoms in total. The average molecular weight is 513 g/mol. The number of ketones is 1. The summed E-state index contributed by atoms with van der Waals surface area (Å²) >= 11 is 0. The van der Waals surface area contributed by atoms with Crippen molar-refractivity contribution >= 4 is 5.78 Å². The predicted octanol–water partition coefficient (Wildman–Crippen LogP) is 9.40. The lowest BCUT2D eigenvalue weighted by Gasteiger charge is -2.68. The van der Waals surface area contributed by atoms with Crippen LogP contribution in [0.3, 0.4) is 0 Å². The highest BCUT2D eigenvalue weighted by Gasteiger charge is 2.65. The first-order chi connectivity index (χ1) is 17.2. The summed E-state index contributed by atoms with van der Waals surface area (Å²) in [5.41, 5.74) is 2.59. The molecule has 212 valence electrons. The highest BCUT2D eigenvalue weighted by molar-refractivity contribution is 5.88. The number of rotatable bonds is 3. The van der Waals surface area contributed by atoms with E-state index >= 15 is 0 Å². The van der Waals surface area contributed by atoms with Gasteiger partial charge in [0.1, 0.15) is 5.78 Å². The first kappa shape index (κ1) is 29.4. The molecule has 2 heteroatoms. The fourth-order valence-corrected chi connectivity index (χ4v) is 11.0. The van der Waals surface area contributed by atoms with E-state index in [0.717, 1.165) is 25.7 Å². The Morgan fingerprint density at radius 1 is 0.892 bits per heavy atom. The predicted molar refractivity (Wildman–Crippen MR) is 156 cm³/mol. The van der Waals surface area contributed by atoms with E-state index in [2.05, 4.69) is 61.5 Å². The molecule has 1 N–H and O–H groups in total. The second kappa shape index (κ2) is 9.78. The van der Waals surface area contributed by atoms with E-state index in [1.54, 1.807) is 5.57 Å². The number of fused-ring (bicyclic) bond motifs is 7. The quantitative estimate of drug-likeness (QED) is 0.382. The van der Waals surface area contributed by atoms with Crippen LogP contribution in [0.15, 0.2) is 11.6 Å². The minimum absolute atomic E-state index is 0.0101. The van der Waals surface area contributed by atoms with E-state index in [1.165, 1.54) is 44.9 Å². The first-order valence-corrected chi connectivity index (χ1v) is 16.2. The van der Waals surface area contributed by atoms with Crippen molar-refractivity contribution in [1.29, 1.82) is 0 Å². The molecule has 9 unspecified atom stereocenters. The highest BCUT2D eigenvalue weighted by atomic mass is 16.3. The van der Waals surface area contributed by atoms with Gasteiger partial charge in [-0.25, -0.2) is 0 Å². The van der Waals surface area contributed by atoms with Crippen molar-refractivity contribution < 1.29 is 9.90 Å². The molecule has 9 atom stereocenters. The molecule has 0 spiro atoms. The van der Waals surface area contributed by atoms with Gasteiger partial charge in [0, 0.05) is 11.3 Å². The summed E-state index contributed by atoms with van der Waals surface area (Å²) in [5.74, 6) is 3.18. The summed E-state index contributed by atoms with van der Waals surface area (Å²) in [4.78, 5) is 14.0. The van der Waals surface area contributed by atoms with Gasteiger partial charge in [-0.1, -0.05) is 80.9 Å². The molecule has 0 aromatic carbocycles. The van der Waals surface area contributed by atoms with Crippen LogP contribution in [0.4, 0.5) is 0 Å². The summed E-state index contributed by atoms with van der Waals surface area (Å²) < 4.78 is 0. The normalized spacial score (nSPS) is 46.5. The minimum atomic E-state index is -0.161. The molecular weight excluding hydrogens is 452 g/mol. The van der Waals surface area contributed by atoms with Gasteiger partial charge in [-0.2, -0.15) is 0 Å². The van der Waals surface area contributed by atoms with Crippen molar-refractivity contribution in [3.8, 4) is 0 Å². The smallest absolute Gasteiger partial charge is 0.142 e. The standard InChI is InChI=1S/C33H54O2.C2H6/c1-9-21(2)28(35)33-17-12-23-22(24(33)20-29(3,4)18-19-33)10-11-26-31(23,7)15-13-25-30(5,6)27(34)14-16-32(25,26)8;1-2/h10,21,23-27,34H,9,11-20H2,1-8H3;1-2H3. The zero-order valence-corrected chi connectivity index (χ0v) is 26.2. The molecule has 0 aromatic rings. The Bertz CT molecular complexity index is 897. The Kier molecular flexibility index (Phi) is 7.76. The molecule has 4 fully saturated rings. The summed E-state index contributed by atoms with van der Waals surface area (Å²) in [6, 6.07) is 0. The number of aliphatic hydroxyl groups is 1. The Morgan fingerprint density at radius 3 is 2.19 bits per heavy atom. The maximum atomic E-state index is 14.0. The SMILES string of the molecule is CC.CCC(C)C(=O)C12CCC3C(=CCC4C3(C)CCC3C(C)(C)C(O)CCC34C)C1CC(C)(C)CC2. The van der Waals surface area contributed by atoms with E-state index in [4.69, 9.17) is 0 Å². The van der Waals surface area contributed by atoms with E-state index < -0.39 is 0 Å². The molecular formula is C35H60O2. The lowest BCUT2D eigenvalue weighted by molar-refractivity contribution is -0.187. The molecule has 0 heterocycles. The van der Waals surface area contributed by atoms with Crippen molar-refractivity contribution in [1.82, 2.24) is 0 Å². The average Bonchev–Trinajstić information content (AvgIpc) is 2.86. The second-order valence-corrected chi connectivity index (χ2v) is 15.8. The Hall–Kier alpha value is -0.630. The van der Waals surface area contributed by atoms with Crippen molar-refractivity contribution in [3.63, 3.8) is 0 Å². The summed E-state index contributed by atoms with van der Waals surface area (Å²) in [6.07, 6.45) is 15.2. The van der Waals surface area contributed by atoms with Gasteiger partial charge in [-0.05, 0) is 116 Å². The van der Waals surface area contributed by atoms with Crippen molar-refractivity contribution in [2.45, 2.75) is 146 Å². The van der Waals surface area contributed by atoms with Crippen LogP contribution in [0.1, 0.15) is 140 Å². The van der Waals surface area contributed by atoms with Crippen LogP contribution < -0.4 is 0 Å². The third kappa shape index (κ3) is 4.24. The molecule has 5 rings (SSSR count). The molecule has 4 saturated carbocycles. The van der Waals surface area contributed by atoms with E-state index in [-0.39, 0.29) is 22.9 Å². The van der Waals surface area contributed by atoms with Gasteiger partial charge in [0.15, 0.2) is 0 Å². The van der Waals surface area contributed by atoms with Crippen LogP contribution in [0.2, 0.25) is 0 Å². The Labute approximate surface area is 229 Å². The molecule has 0 aliphatic heterocycles. The van der Waals surface area contributed by atoms with Gasteiger partial charge >= 0.3 is 0 Å². The minimum Gasteiger partial charge on any atom is -0.393 e. The second-order valence-electron chi connectivity index (χ2n) is 15.8. The van der Waals surface area contributed by atoms with Crippen LogP contribution in [-0.4, -0.2) is 17.0 Å². The van der Waals surface area contributed by atoms with E-state index in [9.17, 15) is 9.90 Å². The summed E-state index contributed by atoms with van der Waals surface area (Å²) in [5, 5.41) is 10.9. The van der Waals surface area contributed by atoms with Gasteiger partial charge in [0.25, 0.3) is 0 Å². The van der Waals surface area contributed by atoms with Gasteiger partial charge in [0.05, 0.1) is 6.10 Å². The summed E-state index contributed by atoms with van der Waals surface area (Å²) in [7, 11) is 0. The highest BCUT2D eigenvalue weighted by Crippen LogP contribution is 2.72. The number of Topliss-reactive ketones (excluding diaryl/α,β-unsaturated/α-hetero) is 1. The summed E-state index contributed by atoms with van der Waals surface area (Å²) in [6.45, 7) is 23.2. The molecule has 0 saturated heterocycles. The number of allylic oxidation sites excluding steroid dienone is 2. The molecule has 5 aliphatic rings. The number of hydrogen-bond acceptors (Lipinski definition) is 2. The molecule has 37 heavy (non-hydrogen) atoms. The zero-order valence-electron chi connectivity index (χ0n) is 26.2. The topological polar surface area (TPSA) is 37.3 Å². The first-order valence-electron chi connectivity index (χ1n) is 16.2. The largest absolute Gasteiger partial charge is 0.393 e. The number of carbonyl (C=O) groups is 1. The number of hydrogen-bond donors (Lipinski definition) is 1. The Morgan fingerprint density at radius 2 is 1.54 bits per heavy atom. The van der Waals surface area contributed by atoms with Crippen molar-refractivity contribution in [2.75, 3.05) is 0 Å².